The van der Waals surface area contributed by atoms with Crippen LogP contribution in [-0.4, -0.2) is 46.4 Å². The predicted octanol–water partition coefficient (Wildman–Crippen LogP) is 2.44. The summed E-state index contributed by atoms with van der Waals surface area (Å²) < 4.78 is 7.68. The summed E-state index contributed by atoms with van der Waals surface area (Å²) in [7, 11) is 0. The highest BCUT2D eigenvalue weighted by Crippen LogP contribution is 2.12. The largest absolute Gasteiger partial charge is 0.373 e. The lowest BCUT2D eigenvalue weighted by molar-refractivity contribution is -0.139. The molecule has 3 rings (SSSR count). The van der Waals surface area contributed by atoms with Gasteiger partial charge in [0.2, 0.25) is 5.91 Å². The minimum atomic E-state index is 0.0242. The Balaban J connectivity index is 1.44. The molecule has 1 aromatic heterocycles. The summed E-state index contributed by atoms with van der Waals surface area (Å²) in [5.41, 5.74) is 2.43. The van der Waals surface area contributed by atoms with Crippen LogP contribution in [0.1, 0.15) is 24.0 Å². The Hall–Kier alpha value is -2.14. The molecule has 1 saturated heterocycles. The van der Waals surface area contributed by atoms with Gasteiger partial charge in [0.1, 0.15) is 0 Å². The van der Waals surface area contributed by atoms with Crippen molar-refractivity contribution in [2.45, 2.75) is 38.8 Å². The van der Waals surface area contributed by atoms with Crippen molar-refractivity contribution < 1.29 is 9.53 Å². The Labute approximate surface area is 143 Å². The molecule has 1 aliphatic heterocycles. The third-order valence-corrected chi connectivity index (χ3v) is 4.34. The molecule has 1 atom stereocenters. The zero-order chi connectivity index (χ0) is 16.8. The molecule has 0 radical (unpaired) electrons. The summed E-state index contributed by atoms with van der Waals surface area (Å²) in [4.78, 5) is 14.4. The molecular formula is C19H25N3O2. The molecule has 0 bridgehead atoms. The van der Waals surface area contributed by atoms with Crippen LogP contribution in [0.2, 0.25) is 0 Å². The lowest BCUT2D eigenvalue weighted by Gasteiger charge is -2.33. The van der Waals surface area contributed by atoms with Gasteiger partial charge in [0.25, 0.3) is 0 Å². The van der Waals surface area contributed by atoms with Gasteiger partial charge in [0.15, 0.2) is 0 Å². The minimum absolute atomic E-state index is 0.0242. The monoisotopic (exact) mass is 327 g/mol. The van der Waals surface area contributed by atoms with Gasteiger partial charge in [-0.1, -0.05) is 30.3 Å². The first-order chi connectivity index (χ1) is 11.7. The summed E-state index contributed by atoms with van der Waals surface area (Å²) in [6, 6.07) is 10.3. The van der Waals surface area contributed by atoms with Crippen molar-refractivity contribution in [2.24, 2.45) is 0 Å². The molecule has 2 heterocycles. The summed E-state index contributed by atoms with van der Waals surface area (Å²) in [5, 5.41) is 4.30. The van der Waals surface area contributed by atoms with Crippen LogP contribution in [0.15, 0.2) is 42.7 Å². The first-order valence-corrected chi connectivity index (χ1v) is 8.63. The molecule has 2 aromatic rings. The van der Waals surface area contributed by atoms with E-state index in [0.717, 1.165) is 18.4 Å². The summed E-state index contributed by atoms with van der Waals surface area (Å²) in [6.07, 6.45) is 6.31. The molecule has 24 heavy (non-hydrogen) atoms. The van der Waals surface area contributed by atoms with Crippen LogP contribution in [0.4, 0.5) is 0 Å². The second-order valence-corrected chi connectivity index (χ2v) is 6.41. The molecule has 0 aliphatic carbocycles. The number of nitrogens with zero attached hydrogens (tertiary/aromatic N) is 3. The highest BCUT2D eigenvalue weighted by atomic mass is 16.5. The van der Waals surface area contributed by atoms with Gasteiger partial charge in [-0.25, -0.2) is 0 Å². The number of hydrogen-bond donors (Lipinski definition) is 0. The van der Waals surface area contributed by atoms with Crippen molar-refractivity contribution in [3.8, 4) is 0 Å². The third-order valence-electron chi connectivity index (χ3n) is 4.34. The molecule has 0 N–H and O–H groups in total. The topological polar surface area (TPSA) is 47.4 Å². The van der Waals surface area contributed by atoms with Crippen LogP contribution in [0.3, 0.4) is 0 Å². The van der Waals surface area contributed by atoms with Crippen molar-refractivity contribution in [1.82, 2.24) is 14.7 Å². The van der Waals surface area contributed by atoms with Crippen LogP contribution < -0.4 is 0 Å². The van der Waals surface area contributed by atoms with Crippen LogP contribution >= 0.6 is 0 Å². The fraction of sp³-hybridized carbons (Fsp3) is 0.474. The minimum Gasteiger partial charge on any atom is -0.373 e. The zero-order valence-electron chi connectivity index (χ0n) is 14.2. The standard InChI is InChI=1S/C19H25N3O2/c1-16-12-20-22(13-16)15-18-14-21(10-11-24-18)19(23)9-5-8-17-6-3-2-4-7-17/h2-4,6-7,12-13,18H,5,8-11,14-15H2,1H3/t18-/m0/s1. The molecule has 1 aliphatic rings. The van der Waals surface area contributed by atoms with E-state index in [4.69, 9.17) is 4.74 Å². The number of rotatable bonds is 6. The van der Waals surface area contributed by atoms with Gasteiger partial charge in [-0.3, -0.25) is 9.48 Å². The van der Waals surface area contributed by atoms with Crippen molar-refractivity contribution in [3.05, 3.63) is 53.9 Å². The van der Waals surface area contributed by atoms with Gasteiger partial charge in [-0.2, -0.15) is 5.10 Å². The van der Waals surface area contributed by atoms with E-state index in [-0.39, 0.29) is 12.0 Å². The molecule has 1 fully saturated rings. The lowest BCUT2D eigenvalue weighted by atomic mass is 10.1. The van der Waals surface area contributed by atoms with Crippen LogP contribution in [-0.2, 0) is 22.5 Å². The maximum Gasteiger partial charge on any atom is 0.222 e. The van der Waals surface area contributed by atoms with Crippen molar-refractivity contribution in [1.29, 1.82) is 0 Å². The number of aromatic nitrogens is 2. The van der Waals surface area contributed by atoms with E-state index in [2.05, 4.69) is 17.2 Å². The predicted molar refractivity (Wildman–Crippen MR) is 92.7 cm³/mol. The first kappa shape index (κ1) is 16.7. The first-order valence-electron chi connectivity index (χ1n) is 8.63. The fourth-order valence-electron chi connectivity index (χ4n) is 3.08. The summed E-state index contributed by atoms with van der Waals surface area (Å²) in [5.74, 6) is 0.232. The average molecular weight is 327 g/mol. The van der Waals surface area contributed by atoms with Gasteiger partial charge in [-0.15, -0.1) is 0 Å². The molecular weight excluding hydrogens is 302 g/mol. The number of hydrogen-bond acceptors (Lipinski definition) is 3. The zero-order valence-corrected chi connectivity index (χ0v) is 14.2. The molecule has 0 spiro atoms. The van der Waals surface area contributed by atoms with E-state index in [1.807, 2.05) is 47.1 Å². The molecule has 1 aromatic carbocycles. The Morgan fingerprint density at radius 2 is 2.17 bits per heavy atom. The number of carbonyl (C=O) groups is 1. The van der Waals surface area contributed by atoms with Crippen LogP contribution in [0, 0.1) is 6.92 Å². The van der Waals surface area contributed by atoms with Gasteiger partial charge in [0, 0.05) is 25.7 Å². The van der Waals surface area contributed by atoms with E-state index < -0.39 is 0 Å². The van der Waals surface area contributed by atoms with Crippen molar-refractivity contribution in [2.75, 3.05) is 19.7 Å². The second kappa shape index (κ2) is 8.11. The Bertz CT molecular complexity index is 654. The maximum absolute atomic E-state index is 12.4. The lowest BCUT2D eigenvalue weighted by Crippen LogP contribution is -2.47. The number of aryl methyl sites for hydroxylation is 2. The number of amides is 1. The van der Waals surface area contributed by atoms with E-state index in [1.165, 1.54) is 5.56 Å². The van der Waals surface area contributed by atoms with E-state index in [1.54, 1.807) is 0 Å². The normalized spacial score (nSPS) is 17.9. The van der Waals surface area contributed by atoms with Gasteiger partial charge >= 0.3 is 0 Å². The molecule has 0 unspecified atom stereocenters. The van der Waals surface area contributed by atoms with Gasteiger partial charge in [-0.05, 0) is 30.9 Å². The molecule has 5 heteroatoms. The molecule has 5 nitrogen and oxygen atoms in total. The smallest absolute Gasteiger partial charge is 0.222 e. The third kappa shape index (κ3) is 4.68. The van der Waals surface area contributed by atoms with Gasteiger partial charge in [0.05, 0.1) is 25.5 Å². The SMILES string of the molecule is Cc1cnn(C[C@@H]2CN(C(=O)CCCc3ccccc3)CCO2)c1. The quantitative estimate of drug-likeness (QED) is 0.819. The van der Waals surface area contributed by atoms with Crippen LogP contribution in [0.25, 0.3) is 0 Å². The number of ether oxygens (including phenoxy) is 1. The molecule has 1 amide bonds. The number of morpholine rings is 1. The maximum atomic E-state index is 12.4. The van der Waals surface area contributed by atoms with E-state index in [9.17, 15) is 4.79 Å². The van der Waals surface area contributed by atoms with Gasteiger partial charge < -0.3 is 9.64 Å². The van der Waals surface area contributed by atoms with Crippen molar-refractivity contribution >= 4 is 5.91 Å². The van der Waals surface area contributed by atoms with E-state index >= 15 is 0 Å². The van der Waals surface area contributed by atoms with Crippen molar-refractivity contribution in [3.63, 3.8) is 0 Å². The Morgan fingerprint density at radius 3 is 2.92 bits per heavy atom. The summed E-state index contributed by atoms with van der Waals surface area (Å²) >= 11 is 0. The number of carbonyl (C=O) groups excluding carboxylic acids is 1. The highest BCUT2D eigenvalue weighted by Gasteiger charge is 2.24. The molecule has 128 valence electrons. The second-order valence-electron chi connectivity index (χ2n) is 6.41. The highest BCUT2D eigenvalue weighted by molar-refractivity contribution is 5.76. The van der Waals surface area contributed by atoms with Crippen LogP contribution in [0.5, 0.6) is 0 Å². The number of benzene rings is 1. The fourth-order valence-corrected chi connectivity index (χ4v) is 3.08. The Morgan fingerprint density at radius 1 is 1.33 bits per heavy atom. The summed E-state index contributed by atoms with van der Waals surface area (Å²) in [6.45, 7) is 4.67. The average Bonchev–Trinajstić information content (AvgIpc) is 3.01. The molecule has 0 saturated carbocycles. The van der Waals surface area contributed by atoms with E-state index in [0.29, 0.717) is 32.7 Å². The Kier molecular flexibility index (Phi) is 5.64.